The van der Waals surface area contributed by atoms with Crippen LogP contribution in [0.2, 0.25) is 0 Å². The third-order valence-corrected chi connectivity index (χ3v) is 13.5. The van der Waals surface area contributed by atoms with Gasteiger partial charge in [-0.05, 0) is 109 Å². The van der Waals surface area contributed by atoms with Crippen LogP contribution in [0.5, 0.6) is 0 Å². The second-order valence-corrected chi connectivity index (χ2v) is 14.6. The van der Waals surface area contributed by atoms with Crippen LogP contribution in [-0.2, 0) is 4.79 Å². The first kappa shape index (κ1) is 24.8. The molecule has 0 saturated heterocycles. The summed E-state index contributed by atoms with van der Waals surface area (Å²) in [5, 5.41) is 20.7. The van der Waals surface area contributed by atoms with Crippen molar-refractivity contribution in [3.63, 3.8) is 0 Å². The molecule has 10 atom stereocenters. The molecule has 3 N–H and O–H groups in total. The normalized spacial score (nSPS) is 54.0. The second-order valence-electron chi connectivity index (χ2n) is 14.6. The van der Waals surface area contributed by atoms with Gasteiger partial charge in [0.05, 0.1) is 11.5 Å². The summed E-state index contributed by atoms with van der Waals surface area (Å²) in [5.41, 5.74) is 3.66. The first-order valence-corrected chi connectivity index (χ1v) is 14.1. The lowest BCUT2D eigenvalue weighted by atomic mass is 9.33. The summed E-state index contributed by atoms with van der Waals surface area (Å²) in [4.78, 5) is 13.2. The Hall–Kier alpha value is -0.870. The van der Waals surface area contributed by atoms with E-state index in [9.17, 15) is 15.1 Å². The van der Waals surface area contributed by atoms with Gasteiger partial charge < -0.3 is 5.11 Å². The van der Waals surface area contributed by atoms with Crippen LogP contribution in [0.1, 0.15) is 106 Å². The molecule has 0 unspecified atom stereocenters. The summed E-state index contributed by atoms with van der Waals surface area (Å²) in [6.45, 7) is 17.0. The van der Waals surface area contributed by atoms with E-state index in [1.807, 2.05) is 0 Å². The van der Waals surface area contributed by atoms with E-state index in [1.54, 1.807) is 0 Å². The molecule has 5 rings (SSSR count). The SMILES string of the molecule is C[C@H]1[C@H](C)CC[C@]2(C(=O)NO)CC[C@]3(C)C(=CC[C@@H]4[C@@]5(C)CC[C@H](O)C(C)(C)[C@@H]5CC[C@]43C)[C@H]12. The van der Waals surface area contributed by atoms with E-state index in [-0.39, 0.29) is 39.6 Å². The van der Waals surface area contributed by atoms with E-state index in [0.717, 1.165) is 44.9 Å². The van der Waals surface area contributed by atoms with Crippen LogP contribution in [-0.4, -0.2) is 22.3 Å². The molecule has 4 nitrogen and oxygen atoms in total. The minimum absolute atomic E-state index is 0.0343. The van der Waals surface area contributed by atoms with Gasteiger partial charge in [-0.2, -0.15) is 0 Å². The lowest BCUT2D eigenvalue weighted by Crippen LogP contribution is -2.65. The van der Waals surface area contributed by atoms with Crippen LogP contribution in [0.15, 0.2) is 11.6 Å². The molecule has 0 aromatic carbocycles. The number of aliphatic hydroxyl groups excluding tert-OH is 1. The number of hydrogen-bond acceptors (Lipinski definition) is 3. The van der Waals surface area contributed by atoms with Crippen molar-refractivity contribution in [1.82, 2.24) is 5.48 Å². The van der Waals surface area contributed by atoms with Gasteiger partial charge in [-0.3, -0.25) is 10.0 Å². The molecule has 0 aromatic heterocycles. The standard InChI is InChI=1S/C30H49NO3/c1-18-10-15-30(25(33)31-34)17-16-28(6)20(24(30)19(18)2)8-9-22-27(5)13-12-23(32)26(3,4)21(27)11-14-29(22,28)7/h8,18-19,21-24,32,34H,9-17H2,1-7H3,(H,31,33)/t18-,19+,21+,22-,23+,24+,27+,28-,29-,30+/m1/s1. The molecule has 0 aliphatic heterocycles. The molecule has 0 radical (unpaired) electrons. The Bertz CT molecular complexity index is 895. The largest absolute Gasteiger partial charge is 0.393 e. The molecule has 0 heterocycles. The Balaban J connectivity index is 1.61. The van der Waals surface area contributed by atoms with E-state index in [0.29, 0.717) is 23.7 Å². The van der Waals surface area contributed by atoms with Crippen molar-refractivity contribution in [2.75, 3.05) is 0 Å². The Morgan fingerprint density at radius 1 is 0.941 bits per heavy atom. The molecular weight excluding hydrogens is 422 g/mol. The van der Waals surface area contributed by atoms with Crippen molar-refractivity contribution in [2.24, 2.45) is 56.7 Å². The van der Waals surface area contributed by atoms with Crippen molar-refractivity contribution in [2.45, 2.75) is 112 Å². The van der Waals surface area contributed by atoms with Gasteiger partial charge in [0.25, 0.3) is 0 Å². The molecule has 192 valence electrons. The molecule has 4 heteroatoms. The minimum atomic E-state index is -0.465. The van der Waals surface area contributed by atoms with Gasteiger partial charge in [0, 0.05) is 0 Å². The van der Waals surface area contributed by atoms with E-state index in [4.69, 9.17) is 0 Å². The maximum absolute atomic E-state index is 13.2. The maximum Gasteiger partial charge on any atom is 0.250 e. The Labute approximate surface area is 207 Å². The molecule has 4 saturated carbocycles. The number of carbonyl (C=O) groups is 1. The lowest BCUT2D eigenvalue weighted by Gasteiger charge is -2.71. The number of hydroxylamine groups is 1. The highest BCUT2D eigenvalue weighted by atomic mass is 16.5. The van der Waals surface area contributed by atoms with Crippen LogP contribution in [0, 0.1) is 56.7 Å². The average Bonchev–Trinajstić information content (AvgIpc) is 2.79. The number of carbonyl (C=O) groups excluding carboxylic acids is 1. The van der Waals surface area contributed by atoms with E-state index in [1.165, 1.54) is 18.4 Å². The summed E-state index contributed by atoms with van der Waals surface area (Å²) >= 11 is 0. The molecule has 4 fully saturated rings. The first-order valence-electron chi connectivity index (χ1n) is 14.1. The monoisotopic (exact) mass is 471 g/mol. The Kier molecular flexibility index (Phi) is 5.52. The lowest BCUT2D eigenvalue weighted by molar-refractivity contribution is -0.205. The van der Waals surface area contributed by atoms with Crippen molar-refractivity contribution < 1.29 is 15.1 Å². The fourth-order valence-corrected chi connectivity index (χ4v) is 11.0. The van der Waals surface area contributed by atoms with Crippen LogP contribution in [0.3, 0.4) is 0 Å². The predicted octanol–water partition coefficient (Wildman–Crippen LogP) is 6.51. The molecule has 34 heavy (non-hydrogen) atoms. The molecule has 0 aromatic rings. The zero-order valence-electron chi connectivity index (χ0n) is 22.7. The van der Waals surface area contributed by atoms with Crippen LogP contribution in [0.25, 0.3) is 0 Å². The average molecular weight is 472 g/mol. The topological polar surface area (TPSA) is 69.6 Å². The highest BCUT2D eigenvalue weighted by molar-refractivity contribution is 5.83. The molecule has 5 aliphatic rings. The van der Waals surface area contributed by atoms with Gasteiger partial charge >= 0.3 is 0 Å². The number of fused-ring (bicyclic) bond motifs is 7. The van der Waals surface area contributed by atoms with Crippen LogP contribution < -0.4 is 5.48 Å². The quantitative estimate of drug-likeness (QED) is 0.232. The van der Waals surface area contributed by atoms with E-state index < -0.39 is 5.41 Å². The van der Waals surface area contributed by atoms with Crippen molar-refractivity contribution in [1.29, 1.82) is 0 Å². The van der Waals surface area contributed by atoms with Gasteiger partial charge in [-0.25, -0.2) is 5.48 Å². The van der Waals surface area contributed by atoms with Gasteiger partial charge in [0.1, 0.15) is 0 Å². The van der Waals surface area contributed by atoms with Crippen LogP contribution >= 0.6 is 0 Å². The maximum atomic E-state index is 13.2. The number of nitrogens with one attached hydrogen (secondary N) is 1. The zero-order valence-corrected chi connectivity index (χ0v) is 22.7. The summed E-state index contributed by atoms with van der Waals surface area (Å²) < 4.78 is 0. The highest BCUT2D eigenvalue weighted by Crippen LogP contribution is 2.75. The molecule has 0 spiro atoms. The van der Waals surface area contributed by atoms with Gasteiger partial charge in [-0.1, -0.05) is 60.1 Å². The summed E-state index contributed by atoms with van der Waals surface area (Å²) in [6.07, 6.45) is 11.8. The van der Waals surface area contributed by atoms with Crippen molar-refractivity contribution in [3.8, 4) is 0 Å². The fraction of sp³-hybridized carbons (Fsp3) is 0.900. The van der Waals surface area contributed by atoms with Crippen molar-refractivity contribution >= 4 is 5.91 Å². The molecular formula is C30H49NO3. The molecule has 5 aliphatic carbocycles. The number of hydrogen-bond donors (Lipinski definition) is 3. The number of rotatable bonds is 1. The fourth-order valence-electron chi connectivity index (χ4n) is 11.0. The molecule has 1 amide bonds. The number of amides is 1. The molecule has 0 bridgehead atoms. The first-order chi connectivity index (χ1) is 15.8. The van der Waals surface area contributed by atoms with Gasteiger partial charge in [-0.15, -0.1) is 0 Å². The smallest absolute Gasteiger partial charge is 0.250 e. The second kappa shape index (κ2) is 7.57. The van der Waals surface area contributed by atoms with E-state index >= 15 is 0 Å². The van der Waals surface area contributed by atoms with Gasteiger partial charge in [0.15, 0.2) is 0 Å². The summed E-state index contributed by atoms with van der Waals surface area (Å²) in [5.74, 6) is 2.26. The Morgan fingerprint density at radius 2 is 1.65 bits per heavy atom. The third kappa shape index (κ3) is 2.82. The number of aliphatic hydroxyl groups is 1. The highest BCUT2D eigenvalue weighted by Gasteiger charge is 2.69. The van der Waals surface area contributed by atoms with Crippen molar-refractivity contribution in [3.05, 3.63) is 11.6 Å². The minimum Gasteiger partial charge on any atom is -0.393 e. The zero-order chi connectivity index (χ0) is 24.9. The van der Waals surface area contributed by atoms with E-state index in [2.05, 4.69) is 60.0 Å². The summed E-state index contributed by atoms with van der Waals surface area (Å²) in [6, 6.07) is 0. The van der Waals surface area contributed by atoms with Crippen LogP contribution in [0.4, 0.5) is 0 Å². The third-order valence-electron chi connectivity index (χ3n) is 13.5. The number of allylic oxidation sites excluding steroid dienone is 2. The predicted molar refractivity (Wildman–Crippen MR) is 135 cm³/mol. The Morgan fingerprint density at radius 3 is 2.32 bits per heavy atom. The summed E-state index contributed by atoms with van der Waals surface area (Å²) in [7, 11) is 0. The van der Waals surface area contributed by atoms with Gasteiger partial charge in [0.2, 0.25) is 5.91 Å².